The summed E-state index contributed by atoms with van der Waals surface area (Å²) in [4.78, 5) is 28.7. The molecule has 1 amide bonds. The first-order valence-corrected chi connectivity index (χ1v) is 11.2. The van der Waals surface area contributed by atoms with E-state index in [1.54, 1.807) is 23.1 Å². The second-order valence-electron chi connectivity index (χ2n) is 8.34. The monoisotopic (exact) mass is 473 g/mol. The van der Waals surface area contributed by atoms with Crippen molar-refractivity contribution in [3.05, 3.63) is 99.2 Å². The van der Waals surface area contributed by atoms with Crippen LogP contribution >= 0.6 is 0 Å². The van der Waals surface area contributed by atoms with Crippen LogP contribution in [0.3, 0.4) is 0 Å². The number of hydrogen-bond donors (Lipinski definition) is 0. The highest BCUT2D eigenvalue weighted by atomic mass is 19.1. The molecule has 7 nitrogen and oxygen atoms in total. The predicted molar refractivity (Wildman–Crippen MR) is 124 cm³/mol. The normalized spacial score (nSPS) is 16.1. The van der Waals surface area contributed by atoms with Crippen molar-refractivity contribution in [2.24, 2.45) is 0 Å². The molecular formula is C27H20FNO6. The van der Waals surface area contributed by atoms with Crippen LogP contribution in [0.25, 0.3) is 11.0 Å². The minimum absolute atomic E-state index is 0.0336. The number of fused-ring (bicyclic) bond motifs is 3. The number of rotatable bonds is 5. The van der Waals surface area contributed by atoms with Crippen LogP contribution in [0, 0.1) is 5.82 Å². The Morgan fingerprint density at radius 2 is 1.80 bits per heavy atom. The van der Waals surface area contributed by atoms with E-state index in [-0.39, 0.29) is 35.6 Å². The molecule has 0 bridgehead atoms. The zero-order chi connectivity index (χ0) is 24.1. The maximum absolute atomic E-state index is 14.0. The van der Waals surface area contributed by atoms with Crippen molar-refractivity contribution in [2.75, 3.05) is 13.4 Å². The molecule has 0 aliphatic carbocycles. The Morgan fingerprint density at radius 3 is 2.60 bits per heavy atom. The molecule has 0 unspecified atom stereocenters. The van der Waals surface area contributed by atoms with Gasteiger partial charge in [-0.1, -0.05) is 18.2 Å². The molecular weight excluding hydrogens is 453 g/mol. The highest BCUT2D eigenvalue weighted by Crippen LogP contribution is 2.40. The third-order valence-corrected chi connectivity index (χ3v) is 6.22. The Labute approximate surface area is 199 Å². The molecule has 176 valence electrons. The van der Waals surface area contributed by atoms with Gasteiger partial charge in [0.25, 0.3) is 5.91 Å². The number of nitrogens with zero attached hydrogens (tertiary/aromatic N) is 1. The molecule has 6 rings (SSSR count). The van der Waals surface area contributed by atoms with Crippen LogP contribution < -0.4 is 19.6 Å². The van der Waals surface area contributed by atoms with Crippen LogP contribution in [-0.2, 0) is 6.54 Å². The summed E-state index contributed by atoms with van der Waals surface area (Å²) < 4.78 is 36.3. The van der Waals surface area contributed by atoms with E-state index in [9.17, 15) is 14.0 Å². The molecule has 35 heavy (non-hydrogen) atoms. The smallest absolute Gasteiger partial charge is 0.291 e. The SMILES string of the molecule is CCOc1ccc([C@@H]2c3c(oc4ccc(F)cc4c3=O)C(=O)N2Cc2ccc3c(c2)OCO3)cc1. The van der Waals surface area contributed by atoms with E-state index >= 15 is 0 Å². The maximum Gasteiger partial charge on any atom is 0.291 e. The first kappa shape index (κ1) is 21.2. The van der Waals surface area contributed by atoms with Gasteiger partial charge in [-0.15, -0.1) is 0 Å². The van der Waals surface area contributed by atoms with Gasteiger partial charge in [-0.25, -0.2) is 4.39 Å². The van der Waals surface area contributed by atoms with Crippen molar-refractivity contribution in [1.82, 2.24) is 4.90 Å². The summed E-state index contributed by atoms with van der Waals surface area (Å²) in [6.45, 7) is 2.74. The molecule has 0 saturated carbocycles. The molecule has 0 saturated heterocycles. The minimum Gasteiger partial charge on any atom is -0.494 e. The van der Waals surface area contributed by atoms with Gasteiger partial charge in [-0.3, -0.25) is 9.59 Å². The van der Waals surface area contributed by atoms with Gasteiger partial charge >= 0.3 is 0 Å². The summed E-state index contributed by atoms with van der Waals surface area (Å²) >= 11 is 0. The summed E-state index contributed by atoms with van der Waals surface area (Å²) in [7, 11) is 0. The Balaban J connectivity index is 1.49. The van der Waals surface area contributed by atoms with Crippen LogP contribution in [0.5, 0.6) is 17.2 Å². The van der Waals surface area contributed by atoms with Gasteiger partial charge in [0.1, 0.15) is 17.1 Å². The van der Waals surface area contributed by atoms with Gasteiger partial charge in [0.15, 0.2) is 16.9 Å². The highest BCUT2D eigenvalue weighted by Gasteiger charge is 2.42. The van der Waals surface area contributed by atoms with E-state index in [2.05, 4.69) is 0 Å². The van der Waals surface area contributed by atoms with Crippen LogP contribution in [-0.4, -0.2) is 24.2 Å². The van der Waals surface area contributed by atoms with Gasteiger partial charge in [0.2, 0.25) is 12.6 Å². The van der Waals surface area contributed by atoms with Crippen molar-refractivity contribution in [3.8, 4) is 17.2 Å². The van der Waals surface area contributed by atoms with Crippen LogP contribution in [0.4, 0.5) is 4.39 Å². The fourth-order valence-electron chi connectivity index (χ4n) is 4.65. The van der Waals surface area contributed by atoms with Crippen molar-refractivity contribution in [3.63, 3.8) is 0 Å². The average Bonchev–Trinajstić information content (AvgIpc) is 3.43. The van der Waals surface area contributed by atoms with Crippen LogP contribution in [0.1, 0.15) is 40.2 Å². The third kappa shape index (κ3) is 3.49. The van der Waals surface area contributed by atoms with E-state index in [4.69, 9.17) is 18.6 Å². The molecule has 0 N–H and O–H groups in total. The highest BCUT2D eigenvalue weighted by molar-refractivity contribution is 5.99. The average molecular weight is 473 g/mol. The summed E-state index contributed by atoms with van der Waals surface area (Å²) in [6, 6.07) is 15.7. The fraction of sp³-hybridized carbons (Fsp3) is 0.185. The van der Waals surface area contributed by atoms with Gasteiger partial charge in [-0.2, -0.15) is 0 Å². The van der Waals surface area contributed by atoms with Gasteiger partial charge < -0.3 is 23.5 Å². The molecule has 0 spiro atoms. The number of ether oxygens (including phenoxy) is 3. The van der Waals surface area contributed by atoms with E-state index in [0.29, 0.717) is 29.4 Å². The van der Waals surface area contributed by atoms with Crippen molar-refractivity contribution in [2.45, 2.75) is 19.5 Å². The number of hydrogen-bond acceptors (Lipinski definition) is 6. The molecule has 0 fully saturated rings. The molecule has 2 aliphatic heterocycles. The van der Waals surface area contributed by atoms with E-state index in [1.807, 2.05) is 31.2 Å². The Bertz CT molecular complexity index is 1530. The predicted octanol–water partition coefficient (Wildman–Crippen LogP) is 4.80. The Morgan fingerprint density at radius 1 is 1.00 bits per heavy atom. The topological polar surface area (TPSA) is 78.2 Å². The van der Waals surface area contributed by atoms with E-state index in [0.717, 1.165) is 11.6 Å². The standard InChI is InChI=1S/C27H20FNO6/c1-2-32-18-7-4-16(5-8-18)24-23-25(30)19-12-17(28)6-10-20(19)35-26(23)27(31)29(24)13-15-3-9-21-22(11-15)34-14-33-21/h3-12,24H,2,13-14H2,1H3/t24-/m1/s1. The summed E-state index contributed by atoms with van der Waals surface area (Å²) in [5, 5.41) is 0.0948. The number of carbonyl (C=O) groups excluding carboxylic acids is 1. The van der Waals surface area contributed by atoms with Crippen molar-refractivity contribution < 1.29 is 27.8 Å². The van der Waals surface area contributed by atoms with Crippen molar-refractivity contribution in [1.29, 1.82) is 0 Å². The molecule has 4 aromatic rings. The second-order valence-corrected chi connectivity index (χ2v) is 8.34. The molecule has 3 heterocycles. The molecule has 8 heteroatoms. The number of amides is 1. The molecule has 3 aromatic carbocycles. The Kier molecular flexibility index (Phi) is 4.95. The van der Waals surface area contributed by atoms with Crippen LogP contribution in [0.2, 0.25) is 0 Å². The third-order valence-electron chi connectivity index (χ3n) is 6.22. The largest absolute Gasteiger partial charge is 0.494 e. The molecule has 1 aromatic heterocycles. The second kappa shape index (κ2) is 8.16. The quantitative estimate of drug-likeness (QED) is 0.414. The lowest BCUT2D eigenvalue weighted by molar-refractivity contribution is 0.0714. The molecule has 0 radical (unpaired) electrons. The zero-order valence-electron chi connectivity index (χ0n) is 18.7. The van der Waals surface area contributed by atoms with Crippen LogP contribution in [0.15, 0.2) is 69.9 Å². The summed E-state index contributed by atoms with van der Waals surface area (Å²) in [5.74, 6) is 0.908. The number of benzene rings is 3. The first-order valence-electron chi connectivity index (χ1n) is 11.2. The summed E-state index contributed by atoms with van der Waals surface area (Å²) in [5.41, 5.74) is 1.44. The lowest BCUT2D eigenvalue weighted by atomic mass is 9.98. The van der Waals surface area contributed by atoms with E-state index in [1.165, 1.54) is 12.1 Å². The lowest BCUT2D eigenvalue weighted by Crippen LogP contribution is -2.29. The molecule has 1 atom stereocenters. The van der Waals surface area contributed by atoms with E-state index < -0.39 is 23.2 Å². The van der Waals surface area contributed by atoms with Gasteiger partial charge in [0.05, 0.1) is 23.6 Å². The lowest BCUT2D eigenvalue weighted by Gasteiger charge is -2.25. The number of halogens is 1. The van der Waals surface area contributed by atoms with Crippen molar-refractivity contribution >= 4 is 16.9 Å². The first-order chi connectivity index (χ1) is 17.0. The van der Waals surface area contributed by atoms with Gasteiger partial charge in [0, 0.05) is 6.54 Å². The van der Waals surface area contributed by atoms with Gasteiger partial charge in [-0.05, 0) is 60.5 Å². The molecule has 2 aliphatic rings. The summed E-state index contributed by atoms with van der Waals surface area (Å²) in [6.07, 6.45) is 0. The maximum atomic E-state index is 14.0. The zero-order valence-corrected chi connectivity index (χ0v) is 18.7. The number of carbonyl (C=O) groups is 1. The minimum atomic E-state index is -0.720. The Hall–Kier alpha value is -4.33. The fourth-order valence-corrected chi connectivity index (χ4v) is 4.65.